The monoisotopic (exact) mass is 396 g/mol. The first-order valence-electron chi connectivity index (χ1n) is 9.56. The summed E-state index contributed by atoms with van der Waals surface area (Å²) < 4.78 is 7.66. The maximum Gasteiger partial charge on any atom is 0.254 e. The van der Waals surface area contributed by atoms with Crippen LogP contribution in [-0.4, -0.2) is 53.1 Å². The number of carbonyl (C=O) groups excluding carboxylic acids is 1. The molecule has 0 aliphatic carbocycles. The van der Waals surface area contributed by atoms with Crippen LogP contribution in [0.1, 0.15) is 16.2 Å². The molecule has 6 nitrogen and oxygen atoms in total. The first-order chi connectivity index (χ1) is 13.7. The number of carbonyl (C=O) groups is 1. The van der Waals surface area contributed by atoms with Gasteiger partial charge < -0.3 is 19.1 Å². The Morgan fingerprint density at radius 2 is 1.79 bits per heavy atom. The molecule has 0 N–H and O–H groups in total. The van der Waals surface area contributed by atoms with Crippen molar-refractivity contribution < 1.29 is 9.53 Å². The molecule has 2 aromatic carbocycles. The van der Waals surface area contributed by atoms with Gasteiger partial charge in [0.25, 0.3) is 5.91 Å². The molecule has 0 radical (unpaired) electrons. The molecule has 144 valence electrons. The standard InChI is InChI=1S/C21H21ClN4O2/c22-16-2-4-17(5-3-16)24-7-9-25(10-8-24)21(27)15-1-6-19-18(13-15)23-20-14-28-12-11-26(19)20/h1-6,13H,7-12,14H2. The lowest BCUT2D eigenvalue weighted by molar-refractivity contribution is 0.0747. The number of imidazole rings is 1. The molecule has 0 unspecified atom stereocenters. The van der Waals surface area contributed by atoms with Gasteiger partial charge in [0.2, 0.25) is 0 Å². The fourth-order valence-electron chi connectivity index (χ4n) is 3.99. The van der Waals surface area contributed by atoms with E-state index < -0.39 is 0 Å². The summed E-state index contributed by atoms with van der Waals surface area (Å²) >= 11 is 5.97. The number of piperazine rings is 1. The second-order valence-corrected chi connectivity index (χ2v) is 7.63. The lowest BCUT2D eigenvalue weighted by Gasteiger charge is -2.36. The molecule has 2 aliphatic rings. The maximum absolute atomic E-state index is 13.0. The zero-order chi connectivity index (χ0) is 19.1. The van der Waals surface area contributed by atoms with Gasteiger partial charge >= 0.3 is 0 Å². The van der Waals surface area contributed by atoms with Gasteiger partial charge in [-0.3, -0.25) is 4.79 Å². The van der Waals surface area contributed by atoms with Gasteiger partial charge in [0.15, 0.2) is 0 Å². The van der Waals surface area contributed by atoms with Crippen molar-refractivity contribution in [3.05, 3.63) is 58.9 Å². The summed E-state index contributed by atoms with van der Waals surface area (Å²) in [7, 11) is 0. The number of aromatic nitrogens is 2. The van der Waals surface area contributed by atoms with E-state index in [0.717, 1.165) is 47.2 Å². The molecule has 0 spiro atoms. The average molecular weight is 397 g/mol. The fourth-order valence-corrected chi connectivity index (χ4v) is 4.12. The molecule has 3 heterocycles. The van der Waals surface area contributed by atoms with Gasteiger partial charge in [-0.1, -0.05) is 11.6 Å². The highest BCUT2D eigenvalue weighted by atomic mass is 35.5. The van der Waals surface area contributed by atoms with E-state index >= 15 is 0 Å². The Kier molecular flexibility index (Phi) is 4.45. The van der Waals surface area contributed by atoms with Crippen molar-refractivity contribution in [2.24, 2.45) is 0 Å². The van der Waals surface area contributed by atoms with E-state index in [1.54, 1.807) is 0 Å². The highest BCUT2D eigenvalue weighted by molar-refractivity contribution is 6.30. The molecule has 5 rings (SSSR count). The number of nitrogens with zero attached hydrogens (tertiary/aromatic N) is 4. The number of fused-ring (bicyclic) bond motifs is 3. The van der Waals surface area contributed by atoms with Crippen molar-refractivity contribution in [2.45, 2.75) is 13.2 Å². The van der Waals surface area contributed by atoms with Crippen LogP contribution in [0.2, 0.25) is 5.02 Å². The number of anilines is 1. The Bertz CT molecular complexity index is 1020. The van der Waals surface area contributed by atoms with Crippen LogP contribution < -0.4 is 4.90 Å². The molecule has 1 aromatic heterocycles. The van der Waals surface area contributed by atoms with Crippen LogP contribution in [0.5, 0.6) is 0 Å². The van der Waals surface area contributed by atoms with Crippen LogP contribution in [0.4, 0.5) is 5.69 Å². The topological polar surface area (TPSA) is 50.6 Å². The van der Waals surface area contributed by atoms with Crippen LogP contribution in [0.15, 0.2) is 42.5 Å². The largest absolute Gasteiger partial charge is 0.372 e. The van der Waals surface area contributed by atoms with Crippen molar-refractivity contribution in [3.8, 4) is 0 Å². The molecule has 1 saturated heterocycles. The van der Waals surface area contributed by atoms with Crippen LogP contribution >= 0.6 is 11.6 Å². The summed E-state index contributed by atoms with van der Waals surface area (Å²) in [5.41, 5.74) is 3.78. The van der Waals surface area contributed by atoms with E-state index in [9.17, 15) is 4.79 Å². The van der Waals surface area contributed by atoms with Gasteiger partial charge in [0.05, 0.1) is 17.6 Å². The van der Waals surface area contributed by atoms with Crippen molar-refractivity contribution >= 4 is 34.2 Å². The average Bonchev–Trinajstić information content (AvgIpc) is 3.12. The zero-order valence-corrected chi connectivity index (χ0v) is 16.2. The van der Waals surface area contributed by atoms with Gasteiger partial charge in [-0.15, -0.1) is 0 Å². The number of hydrogen-bond acceptors (Lipinski definition) is 4. The number of benzene rings is 2. The molecule has 28 heavy (non-hydrogen) atoms. The second kappa shape index (κ2) is 7.11. The Labute approximate surface area is 168 Å². The van der Waals surface area contributed by atoms with Crippen molar-refractivity contribution in [2.75, 3.05) is 37.7 Å². The minimum atomic E-state index is 0.0693. The highest BCUT2D eigenvalue weighted by Gasteiger charge is 2.23. The minimum Gasteiger partial charge on any atom is -0.372 e. The van der Waals surface area contributed by atoms with Gasteiger partial charge in [0, 0.05) is 49.0 Å². The zero-order valence-electron chi connectivity index (χ0n) is 15.5. The summed E-state index contributed by atoms with van der Waals surface area (Å²) in [5.74, 6) is 1.00. The summed E-state index contributed by atoms with van der Waals surface area (Å²) in [6.45, 7) is 5.07. The summed E-state index contributed by atoms with van der Waals surface area (Å²) in [6.07, 6.45) is 0. The third kappa shape index (κ3) is 3.12. The molecular formula is C21H21ClN4O2. The van der Waals surface area contributed by atoms with E-state index in [1.165, 1.54) is 0 Å². The molecule has 1 fully saturated rings. The summed E-state index contributed by atoms with van der Waals surface area (Å²) in [6, 6.07) is 13.7. The fraction of sp³-hybridized carbons (Fsp3) is 0.333. The van der Waals surface area contributed by atoms with Crippen LogP contribution in [0.25, 0.3) is 11.0 Å². The SMILES string of the molecule is O=C(c1ccc2c(c1)nc1n2CCOC1)N1CCN(c2ccc(Cl)cc2)CC1. The molecule has 0 atom stereocenters. The van der Waals surface area contributed by atoms with Crippen LogP contribution in [0, 0.1) is 0 Å². The normalized spacial score (nSPS) is 17.0. The molecule has 0 saturated carbocycles. The number of amides is 1. The highest BCUT2D eigenvalue weighted by Crippen LogP contribution is 2.23. The smallest absolute Gasteiger partial charge is 0.254 e. The number of halogens is 1. The molecular weight excluding hydrogens is 376 g/mol. The van der Waals surface area contributed by atoms with Gasteiger partial charge in [-0.05, 0) is 42.5 Å². The van der Waals surface area contributed by atoms with Crippen molar-refractivity contribution in [1.29, 1.82) is 0 Å². The van der Waals surface area contributed by atoms with Crippen molar-refractivity contribution in [3.63, 3.8) is 0 Å². The Morgan fingerprint density at radius 3 is 2.57 bits per heavy atom. The third-order valence-corrected chi connectivity index (χ3v) is 5.78. The number of hydrogen-bond donors (Lipinski definition) is 0. The predicted octanol–water partition coefficient (Wildman–Crippen LogP) is 3.18. The van der Waals surface area contributed by atoms with E-state index in [2.05, 4.69) is 14.5 Å². The van der Waals surface area contributed by atoms with Crippen LogP contribution in [-0.2, 0) is 17.9 Å². The predicted molar refractivity (Wildman–Crippen MR) is 109 cm³/mol. The summed E-state index contributed by atoms with van der Waals surface area (Å²) in [5, 5.41) is 0.737. The van der Waals surface area contributed by atoms with Gasteiger partial charge in [-0.2, -0.15) is 0 Å². The quantitative estimate of drug-likeness (QED) is 0.667. The molecule has 0 bridgehead atoms. The Balaban J connectivity index is 1.31. The van der Waals surface area contributed by atoms with E-state index in [1.807, 2.05) is 47.4 Å². The lowest BCUT2D eigenvalue weighted by Crippen LogP contribution is -2.48. The van der Waals surface area contributed by atoms with E-state index in [-0.39, 0.29) is 5.91 Å². The van der Waals surface area contributed by atoms with Gasteiger partial charge in [0.1, 0.15) is 12.4 Å². The molecule has 2 aliphatic heterocycles. The maximum atomic E-state index is 13.0. The number of ether oxygens (including phenoxy) is 1. The minimum absolute atomic E-state index is 0.0693. The molecule has 1 amide bonds. The summed E-state index contributed by atoms with van der Waals surface area (Å²) in [4.78, 5) is 21.9. The van der Waals surface area contributed by atoms with Crippen LogP contribution in [0.3, 0.4) is 0 Å². The van der Waals surface area contributed by atoms with E-state index in [0.29, 0.717) is 31.9 Å². The van der Waals surface area contributed by atoms with E-state index in [4.69, 9.17) is 16.3 Å². The second-order valence-electron chi connectivity index (χ2n) is 7.19. The number of rotatable bonds is 2. The van der Waals surface area contributed by atoms with Crippen molar-refractivity contribution in [1.82, 2.24) is 14.5 Å². The molecule has 3 aromatic rings. The first kappa shape index (κ1) is 17.5. The first-order valence-corrected chi connectivity index (χ1v) is 9.93. The Hall–Kier alpha value is -2.57. The van der Waals surface area contributed by atoms with Gasteiger partial charge in [-0.25, -0.2) is 4.98 Å². The lowest BCUT2D eigenvalue weighted by atomic mass is 10.1. The molecule has 7 heteroatoms. The Morgan fingerprint density at radius 1 is 1.00 bits per heavy atom. The third-order valence-electron chi connectivity index (χ3n) is 5.52.